The van der Waals surface area contributed by atoms with Gasteiger partial charge in [0.2, 0.25) is 0 Å². The molecule has 0 spiro atoms. The molecule has 1 unspecified atom stereocenters. The van der Waals surface area contributed by atoms with E-state index in [0.29, 0.717) is 11.6 Å². The summed E-state index contributed by atoms with van der Waals surface area (Å²) in [5.74, 6) is 0.965. The van der Waals surface area contributed by atoms with E-state index >= 15 is 0 Å². The van der Waals surface area contributed by atoms with Crippen molar-refractivity contribution in [1.82, 2.24) is 10.1 Å². The van der Waals surface area contributed by atoms with E-state index in [9.17, 15) is 4.79 Å². The minimum absolute atomic E-state index is 0.271. The SMILES string of the molecule is COc1ccc(C)cc1C=CC(=O)OC(C)c1nc(C)no1. The van der Waals surface area contributed by atoms with Crippen LogP contribution in [0.2, 0.25) is 0 Å². The Bertz CT molecular complexity index is 691. The Labute approximate surface area is 128 Å². The lowest BCUT2D eigenvalue weighted by molar-refractivity contribution is -0.143. The van der Waals surface area contributed by atoms with E-state index < -0.39 is 12.1 Å². The van der Waals surface area contributed by atoms with Crippen LogP contribution in [0.1, 0.15) is 35.9 Å². The van der Waals surface area contributed by atoms with Crippen LogP contribution in [0.5, 0.6) is 5.75 Å². The number of rotatable bonds is 5. The molecule has 0 saturated carbocycles. The molecule has 0 saturated heterocycles. The van der Waals surface area contributed by atoms with Gasteiger partial charge in [-0.15, -0.1) is 0 Å². The summed E-state index contributed by atoms with van der Waals surface area (Å²) in [5, 5.41) is 3.66. The number of hydrogen-bond acceptors (Lipinski definition) is 6. The van der Waals surface area contributed by atoms with Crippen molar-refractivity contribution in [3.05, 3.63) is 47.1 Å². The monoisotopic (exact) mass is 302 g/mol. The number of hydrogen-bond donors (Lipinski definition) is 0. The third-order valence-corrected chi connectivity index (χ3v) is 2.97. The second-order valence-corrected chi connectivity index (χ2v) is 4.84. The highest BCUT2D eigenvalue weighted by molar-refractivity contribution is 5.87. The van der Waals surface area contributed by atoms with Crippen LogP contribution in [0.4, 0.5) is 0 Å². The van der Waals surface area contributed by atoms with Gasteiger partial charge in [0.1, 0.15) is 5.75 Å². The van der Waals surface area contributed by atoms with Crippen molar-refractivity contribution in [3.8, 4) is 5.75 Å². The van der Waals surface area contributed by atoms with Gasteiger partial charge in [0.05, 0.1) is 7.11 Å². The smallest absolute Gasteiger partial charge is 0.331 e. The van der Waals surface area contributed by atoms with Crippen molar-refractivity contribution in [1.29, 1.82) is 0 Å². The molecule has 0 radical (unpaired) electrons. The zero-order chi connectivity index (χ0) is 16.1. The molecule has 1 atom stereocenters. The summed E-state index contributed by atoms with van der Waals surface area (Å²) in [6, 6.07) is 5.71. The first-order chi connectivity index (χ1) is 10.5. The number of ether oxygens (including phenoxy) is 2. The molecule has 116 valence electrons. The van der Waals surface area contributed by atoms with Gasteiger partial charge >= 0.3 is 5.97 Å². The van der Waals surface area contributed by atoms with Crippen molar-refractivity contribution in [2.24, 2.45) is 0 Å². The number of benzene rings is 1. The Hall–Kier alpha value is -2.63. The molecule has 1 aromatic heterocycles. The van der Waals surface area contributed by atoms with E-state index in [1.807, 2.05) is 25.1 Å². The minimum atomic E-state index is -0.599. The van der Waals surface area contributed by atoms with Gasteiger partial charge in [-0.25, -0.2) is 4.79 Å². The second kappa shape index (κ2) is 6.89. The Balaban J connectivity index is 2.04. The molecule has 0 bridgehead atoms. The molecular weight excluding hydrogens is 284 g/mol. The van der Waals surface area contributed by atoms with Crippen LogP contribution >= 0.6 is 0 Å². The lowest BCUT2D eigenvalue weighted by atomic mass is 10.1. The van der Waals surface area contributed by atoms with Crippen molar-refractivity contribution in [2.45, 2.75) is 26.9 Å². The standard InChI is InChI=1S/C16H18N2O4/c1-10-5-7-14(20-4)13(9-10)6-8-15(19)21-11(2)16-17-12(3)18-22-16/h5-9,11H,1-4H3. The highest BCUT2D eigenvalue weighted by atomic mass is 16.6. The topological polar surface area (TPSA) is 74.5 Å². The van der Waals surface area contributed by atoms with Crippen LogP contribution in [-0.4, -0.2) is 23.2 Å². The van der Waals surface area contributed by atoms with Crippen LogP contribution in [0.3, 0.4) is 0 Å². The van der Waals surface area contributed by atoms with Gasteiger partial charge < -0.3 is 14.0 Å². The number of aryl methyl sites for hydroxylation is 2. The number of aromatic nitrogens is 2. The first-order valence-electron chi connectivity index (χ1n) is 6.83. The maximum Gasteiger partial charge on any atom is 0.331 e. The van der Waals surface area contributed by atoms with E-state index in [0.717, 1.165) is 11.1 Å². The predicted octanol–water partition coefficient (Wildman–Crippen LogP) is 3.01. The van der Waals surface area contributed by atoms with Crippen LogP contribution in [0.15, 0.2) is 28.8 Å². The summed E-state index contributed by atoms with van der Waals surface area (Å²) < 4.78 is 15.4. The molecule has 0 aliphatic rings. The third kappa shape index (κ3) is 3.94. The molecule has 6 nitrogen and oxygen atoms in total. The minimum Gasteiger partial charge on any atom is -0.496 e. The Morgan fingerprint density at radius 3 is 2.77 bits per heavy atom. The molecular formula is C16H18N2O4. The quantitative estimate of drug-likeness (QED) is 0.624. The molecule has 1 heterocycles. The van der Waals surface area contributed by atoms with Gasteiger partial charge in [0.25, 0.3) is 5.89 Å². The largest absolute Gasteiger partial charge is 0.496 e. The summed E-state index contributed by atoms with van der Waals surface area (Å²) in [6.07, 6.45) is 2.40. The average Bonchev–Trinajstić information content (AvgIpc) is 2.92. The van der Waals surface area contributed by atoms with E-state index in [2.05, 4.69) is 10.1 Å². The fourth-order valence-electron chi connectivity index (χ4n) is 1.88. The third-order valence-electron chi connectivity index (χ3n) is 2.97. The summed E-state index contributed by atoms with van der Waals surface area (Å²) in [5.41, 5.74) is 1.88. The molecule has 0 aliphatic heterocycles. The Kier molecular flexibility index (Phi) is 4.93. The van der Waals surface area contributed by atoms with Crippen LogP contribution in [-0.2, 0) is 9.53 Å². The number of methoxy groups -OCH3 is 1. The number of esters is 1. The molecule has 2 aromatic rings. The van der Waals surface area contributed by atoms with Crippen LogP contribution in [0.25, 0.3) is 6.08 Å². The number of carbonyl (C=O) groups excluding carboxylic acids is 1. The average molecular weight is 302 g/mol. The Morgan fingerprint density at radius 2 is 2.14 bits per heavy atom. The van der Waals surface area contributed by atoms with Crippen molar-refractivity contribution < 1.29 is 18.8 Å². The van der Waals surface area contributed by atoms with Crippen LogP contribution in [0, 0.1) is 13.8 Å². The first-order valence-corrected chi connectivity index (χ1v) is 6.83. The lowest BCUT2D eigenvalue weighted by Gasteiger charge is -2.07. The molecule has 0 N–H and O–H groups in total. The molecule has 1 aromatic carbocycles. The predicted molar refractivity (Wildman–Crippen MR) is 80.3 cm³/mol. The van der Waals surface area contributed by atoms with Gasteiger partial charge in [-0.3, -0.25) is 0 Å². The van der Waals surface area contributed by atoms with E-state index in [4.69, 9.17) is 14.0 Å². The molecule has 0 amide bonds. The van der Waals surface area contributed by atoms with Gasteiger partial charge in [-0.1, -0.05) is 16.8 Å². The molecule has 6 heteroatoms. The summed E-state index contributed by atoms with van der Waals surface area (Å²) in [7, 11) is 1.58. The maximum absolute atomic E-state index is 11.9. The number of carbonyl (C=O) groups is 1. The van der Waals surface area contributed by atoms with Crippen molar-refractivity contribution in [3.63, 3.8) is 0 Å². The van der Waals surface area contributed by atoms with E-state index in [1.165, 1.54) is 6.08 Å². The van der Waals surface area contributed by atoms with Gasteiger partial charge in [-0.2, -0.15) is 4.98 Å². The van der Waals surface area contributed by atoms with Gasteiger partial charge in [0, 0.05) is 11.6 Å². The van der Waals surface area contributed by atoms with E-state index in [-0.39, 0.29) is 5.89 Å². The van der Waals surface area contributed by atoms with Gasteiger partial charge in [0.15, 0.2) is 11.9 Å². The Morgan fingerprint density at radius 1 is 1.36 bits per heavy atom. The van der Waals surface area contributed by atoms with Crippen molar-refractivity contribution in [2.75, 3.05) is 7.11 Å². The normalized spacial score (nSPS) is 12.4. The molecule has 0 fully saturated rings. The van der Waals surface area contributed by atoms with Gasteiger partial charge in [-0.05, 0) is 39.0 Å². The highest BCUT2D eigenvalue weighted by Crippen LogP contribution is 2.21. The second-order valence-electron chi connectivity index (χ2n) is 4.84. The zero-order valence-electron chi connectivity index (χ0n) is 13.0. The maximum atomic E-state index is 11.9. The first kappa shape index (κ1) is 15.8. The van der Waals surface area contributed by atoms with E-state index in [1.54, 1.807) is 27.0 Å². The molecule has 2 rings (SSSR count). The lowest BCUT2D eigenvalue weighted by Crippen LogP contribution is -2.06. The summed E-state index contributed by atoms with van der Waals surface area (Å²) in [4.78, 5) is 15.9. The molecule has 0 aliphatic carbocycles. The fraction of sp³-hybridized carbons (Fsp3) is 0.312. The summed E-state index contributed by atoms with van der Waals surface area (Å²) in [6.45, 7) is 5.34. The van der Waals surface area contributed by atoms with Crippen molar-refractivity contribution >= 4 is 12.0 Å². The fourth-order valence-corrected chi connectivity index (χ4v) is 1.88. The van der Waals surface area contributed by atoms with Crippen LogP contribution < -0.4 is 4.74 Å². The summed E-state index contributed by atoms with van der Waals surface area (Å²) >= 11 is 0. The zero-order valence-corrected chi connectivity index (χ0v) is 13.0. The highest BCUT2D eigenvalue weighted by Gasteiger charge is 2.16. The number of nitrogens with zero attached hydrogens (tertiary/aromatic N) is 2. The molecule has 22 heavy (non-hydrogen) atoms.